The van der Waals surface area contributed by atoms with E-state index >= 15 is 0 Å². The zero-order valence-electron chi connectivity index (χ0n) is 11.9. The number of rotatable bonds is 3. The van der Waals surface area contributed by atoms with E-state index in [0.717, 1.165) is 17.1 Å². The molecule has 1 aromatic heterocycles. The Morgan fingerprint density at radius 2 is 1.90 bits per heavy atom. The second-order valence-corrected chi connectivity index (χ2v) is 5.16. The van der Waals surface area contributed by atoms with Crippen LogP contribution in [0.1, 0.15) is 22.5 Å². The molecule has 20 heavy (non-hydrogen) atoms. The molecule has 104 valence electrons. The molecule has 0 aliphatic rings. The first kappa shape index (κ1) is 14.4. The number of nitrogens with zero attached hydrogens (tertiary/aromatic N) is 2. The van der Waals surface area contributed by atoms with Crippen molar-refractivity contribution >= 4 is 23.0 Å². The van der Waals surface area contributed by atoms with Crippen LogP contribution in [0.25, 0.3) is 0 Å². The van der Waals surface area contributed by atoms with Crippen LogP contribution in [0.15, 0.2) is 30.6 Å². The van der Waals surface area contributed by atoms with Gasteiger partial charge in [-0.25, -0.2) is 0 Å². The molecule has 0 radical (unpaired) electrons. The van der Waals surface area contributed by atoms with Gasteiger partial charge in [0.1, 0.15) is 0 Å². The van der Waals surface area contributed by atoms with Crippen molar-refractivity contribution in [2.75, 3.05) is 5.32 Å². The number of anilines is 1. The summed E-state index contributed by atoms with van der Waals surface area (Å²) >= 11 is 5.27. The quantitative estimate of drug-likeness (QED) is 0.850. The molecule has 1 aromatic carbocycles. The summed E-state index contributed by atoms with van der Waals surface area (Å²) in [6, 6.07) is 6.17. The lowest BCUT2D eigenvalue weighted by molar-refractivity contribution is 0.862. The van der Waals surface area contributed by atoms with E-state index in [9.17, 15) is 0 Å². The molecule has 2 N–H and O–H groups in total. The highest BCUT2D eigenvalue weighted by molar-refractivity contribution is 7.80. The molecule has 2 aromatic rings. The molecule has 0 aliphatic heterocycles. The summed E-state index contributed by atoms with van der Waals surface area (Å²) in [5, 5.41) is 6.86. The van der Waals surface area contributed by atoms with Gasteiger partial charge in [-0.05, 0) is 56.2 Å². The molecule has 4 nitrogen and oxygen atoms in total. The first-order chi connectivity index (χ1) is 9.54. The van der Waals surface area contributed by atoms with Crippen LogP contribution in [-0.2, 0) is 6.54 Å². The monoisotopic (exact) mass is 286 g/mol. The maximum atomic E-state index is 5.27. The number of hydrogen-bond donors (Lipinski definition) is 2. The Balaban J connectivity index is 1.89. The van der Waals surface area contributed by atoms with E-state index < -0.39 is 0 Å². The zero-order valence-corrected chi connectivity index (χ0v) is 12.7. The van der Waals surface area contributed by atoms with E-state index in [1.165, 1.54) is 11.1 Å². The van der Waals surface area contributed by atoms with Crippen molar-refractivity contribution in [2.24, 2.45) is 0 Å². The number of hydrogen-bond acceptors (Lipinski definition) is 3. The normalized spacial score (nSPS) is 10.2. The summed E-state index contributed by atoms with van der Waals surface area (Å²) in [6.07, 6.45) is 3.50. The van der Waals surface area contributed by atoms with Crippen LogP contribution < -0.4 is 10.6 Å². The minimum absolute atomic E-state index is 0.559. The van der Waals surface area contributed by atoms with Crippen molar-refractivity contribution in [1.82, 2.24) is 15.3 Å². The first-order valence-electron chi connectivity index (χ1n) is 6.44. The van der Waals surface area contributed by atoms with Gasteiger partial charge in [-0.3, -0.25) is 9.97 Å². The topological polar surface area (TPSA) is 49.8 Å². The second kappa shape index (κ2) is 6.43. The Hall–Kier alpha value is -2.01. The third-order valence-electron chi connectivity index (χ3n) is 3.03. The molecule has 0 fully saturated rings. The number of nitrogens with one attached hydrogen (secondary N) is 2. The van der Waals surface area contributed by atoms with Gasteiger partial charge in [-0.2, -0.15) is 0 Å². The van der Waals surface area contributed by atoms with Crippen LogP contribution >= 0.6 is 12.2 Å². The lowest BCUT2D eigenvalue weighted by atomic mass is 10.1. The molecule has 0 spiro atoms. The van der Waals surface area contributed by atoms with Crippen molar-refractivity contribution in [1.29, 1.82) is 0 Å². The van der Waals surface area contributed by atoms with Crippen molar-refractivity contribution in [3.63, 3.8) is 0 Å². The van der Waals surface area contributed by atoms with Gasteiger partial charge in [-0.15, -0.1) is 0 Å². The number of aryl methyl sites for hydroxylation is 3. The molecule has 0 aliphatic carbocycles. The van der Waals surface area contributed by atoms with E-state index in [4.69, 9.17) is 12.2 Å². The summed E-state index contributed by atoms with van der Waals surface area (Å²) in [5.41, 5.74) is 5.26. The van der Waals surface area contributed by atoms with Gasteiger partial charge in [-0.1, -0.05) is 6.07 Å². The number of thiocarbonyl (C=S) groups is 1. The maximum absolute atomic E-state index is 5.27. The van der Waals surface area contributed by atoms with Crippen LogP contribution in [0, 0.1) is 20.8 Å². The smallest absolute Gasteiger partial charge is 0.171 e. The minimum atomic E-state index is 0.559. The maximum Gasteiger partial charge on any atom is 0.171 e. The first-order valence-corrected chi connectivity index (χ1v) is 6.85. The standard InChI is InChI=1S/C15H18N4S/c1-10-4-5-13(6-11(10)2)19-15(20)18-9-14-8-16-12(3)7-17-14/h4-8H,9H2,1-3H3,(H2,18,19,20). The molecule has 0 bridgehead atoms. The van der Waals surface area contributed by atoms with Gasteiger partial charge < -0.3 is 10.6 Å². The molecular formula is C15H18N4S. The molecule has 2 rings (SSSR count). The van der Waals surface area contributed by atoms with Crippen LogP contribution in [0.2, 0.25) is 0 Å². The predicted molar refractivity (Wildman–Crippen MR) is 85.7 cm³/mol. The van der Waals surface area contributed by atoms with Gasteiger partial charge in [0, 0.05) is 11.9 Å². The highest BCUT2D eigenvalue weighted by Crippen LogP contribution is 2.13. The summed E-state index contributed by atoms with van der Waals surface area (Å²) < 4.78 is 0. The average Bonchev–Trinajstić information content (AvgIpc) is 2.42. The van der Waals surface area contributed by atoms with Crippen LogP contribution in [0.3, 0.4) is 0 Å². The summed E-state index contributed by atoms with van der Waals surface area (Å²) in [5.74, 6) is 0. The lowest BCUT2D eigenvalue weighted by Gasteiger charge is -2.11. The van der Waals surface area contributed by atoms with E-state index in [1.807, 2.05) is 13.0 Å². The van der Waals surface area contributed by atoms with Crippen molar-refractivity contribution in [2.45, 2.75) is 27.3 Å². The molecule has 0 amide bonds. The Morgan fingerprint density at radius 3 is 2.55 bits per heavy atom. The van der Waals surface area contributed by atoms with Crippen LogP contribution in [0.5, 0.6) is 0 Å². The molecule has 1 heterocycles. The van der Waals surface area contributed by atoms with E-state index in [-0.39, 0.29) is 0 Å². The SMILES string of the molecule is Cc1cnc(CNC(=S)Nc2ccc(C)c(C)c2)cn1. The molecule has 0 atom stereocenters. The molecular weight excluding hydrogens is 268 g/mol. The Bertz CT molecular complexity index is 608. The van der Waals surface area contributed by atoms with Gasteiger partial charge in [0.25, 0.3) is 0 Å². The third kappa shape index (κ3) is 3.99. The second-order valence-electron chi connectivity index (χ2n) is 4.76. The molecule has 0 saturated carbocycles. The molecule has 5 heteroatoms. The summed E-state index contributed by atoms with van der Waals surface area (Å²) in [4.78, 5) is 8.47. The Labute approximate surface area is 124 Å². The van der Waals surface area contributed by atoms with Crippen molar-refractivity contribution in [3.05, 3.63) is 53.1 Å². The highest BCUT2D eigenvalue weighted by Gasteiger charge is 2.01. The fraction of sp³-hybridized carbons (Fsp3) is 0.267. The predicted octanol–water partition coefficient (Wildman–Crippen LogP) is 2.89. The summed E-state index contributed by atoms with van der Waals surface area (Å²) in [7, 11) is 0. The van der Waals surface area contributed by atoms with E-state index in [2.05, 4.69) is 46.6 Å². The van der Waals surface area contributed by atoms with Crippen LogP contribution in [-0.4, -0.2) is 15.1 Å². The highest BCUT2D eigenvalue weighted by atomic mass is 32.1. The number of benzene rings is 1. The van der Waals surface area contributed by atoms with Crippen LogP contribution in [0.4, 0.5) is 5.69 Å². The summed E-state index contributed by atoms with van der Waals surface area (Å²) in [6.45, 7) is 6.64. The largest absolute Gasteiger partial charge is 0.357 e. The lowest BCUT2D eigenvalue weighted by Crippen LogP contribution is -2.28. The minimum Gasteiger partial charge on any atom is -0.357 e. The number of aromatic nitrogens is 2. The average molecular weight is 286 g/mol. The van der Waals surface area contributed by atoms with Gasteiger partial charge >= 0.3 is 0 Å². The fourth-order valence-electron chi connectivity index (χ4n) is 1.68. The van der Waals surface area contributed by atoms with E-state index in [0.29, 0.717) is 11.7 Å². The third-order valence-corrected chi connectivity index (χ3v) is 3.28. The fourth-order valence-corrected chi connectivity index (χ4v) is 1.87. The molecule has 0 saturated heterocycles. The van der Waals surface area contributed by atoms with Gasteiger partial charge in [0.05, 0.1) is 24.1 Å². The van der Waals surface area contributed by atoms with Gasteiger partial charge in [0.2, 0.25) is 0 Å². The zero-order chi connectivity index (χ0) is 14.5. The molecule has 0 unspecified atom stereocenters. The van der Waals surface area contributed by atoms with Crippen molar-refractivity contribution < 1.29 is 0 Å². The van der Waals surface area contributed by atoms with E-state index in [1.54, 1.807) is 12.4 Å². The Morgan fingerprint density at radius 1 is 1.10 bits per heavy atom. The Kier molecular flexibility index (Phi) is 4.63. The van der Waals surface area contributed by atoms with Gasteiger partial charge in [0.15, 0.2) is 5.11 Å². The van der Waals surface area contributed by atoms with Crippen molar-refractivity contribution in [3.8, 4) is 0 Å².